The summed E-state index contributed by atoms with van der Waals surface area (Å²) in [5.41, 5.74) is 8.61. The fourth-order valence-corrected chi connectivity index (χ4v) is 3.05. The van der Waals surface area contributed by atoms with E-state index in [1.54, 1.807) is 42.7 Å². The molecule has 0 aliphatic rings. The van der Waals surface area contributed by atoms with Gasteiger partial charge in [-0.3, -0.25) is 0 Å². The summed E-state index contributed by atoms with van der Waals surface area (Å²) in [6.07, 6.45) is 3.61. The quantitative estimate of drug-likeness (QED) is 0.301. The van der Waals surface area contributed by atoms with Crippen LogP contribution in [0.5, 0.6) is 0 Å². The van der Waals surface area contributed by atoms with Gasteiger partial charge in [-0.15, -0.1) is 0 Å². The number of carbonyl (C=O) groups excluding carboxylic acids is 2. The molecule has 0 atom stereocenters. The number of ether oxygens (including phenoxy) is 1. The Balaban J connectivity index is 1.24. The van der Waals surface area contributed by atoms with E-state index in [4.69, 9.17) is 10.5 Å². The molecule has 0 aliphatic carbocycles. The number of aryl methyl sites for hydroxylation is 1. The number of esters is 1. The fourth-order valence-electron chi connectivity index (χ4n) is 3.05. The number of anilines is 3. The Bertz CT molecular complexity index is 1220. The molecule has 4 rings (SSSR count). The van der Waals surface area contributed by atoms with Crippen LogP contribution in [0, 0.1) is 0 Å². The first-order valence-corrected chi connectivity index (χ1v) is 9.92. The lowest BCUT2D eigenvalue weighted by molar-refractivity contribution is 0.0496. The molecule has 4 aromatic rings. The Labute approximate surface area is 183 Å². The number of amides is 2. The molecule has 0 bridgehead atoms. The van der Waals surface area contributed by atoms with Crippen LogP contribution in [0.3, 0.4) is 0 Å². The van der Waals surface area contributed by atoms with E-state index in [0.29, 0.717) is 46.9 Å². The van der Waals surface area contributed by atoms with Gasteiger partial charge in [0, 0.05) is 17.9 Å². The van der Waals surface area contributed by atoms with E-state index in [1.807, 2.05) is 22.8 Å². The monoisotopic (exact) mass is 431 g/mol. The molecule has 2 heterocycles. The van der Waals surface area contributed by atoms with Crippen molar-refractivity contribution in [2.24, 2.45) is 0 Å². The average Bonchev–Trinajstić information content (AvgIpc) is 3.22. The van der Waals surface area contributed by atoms with Gasteiger partial charge in [0.15, 0.2) is 11.5 Å². The minimum absolute atomic E-state index is 0.235. The molecule has 0 fully saturated rings. The summed E-state index contributed by atoms with van der Waals surface area (Å²) >= 11 is 0. The molecule has 0 saturated heterocycles. The third kappa shape index (κ3) is 4.98. The van der Waals surface area contributed by atoms with Gasteiger partial charge in [-0.05, 0) is 42.8 Å². The molecule has 10 heteroatoms. The molecule has 2 aromatic heterocycles. The van der Waals surface area contributed by atoms with E-state index in [2.05, 4.69) is 25.6 Å². The number of nitrogens with two attached hydrogens (primary N) is 1. The molecule has 4 N–H and O–H groups in total. The van der Waals surface area contributed by atoms with Crippen LogP contribution in [-0.2, 0) is 11.3 Å². The molecule has 32 heavy (non-hydrogen) atoms. The van der Waals surface area contributed by atoms with Crippen molar-refractivity contribution in [3.05, 3.63) is 72.8 Å². The van der Waals surface area contributed by atoms with E-state index in [9.17, 15) is 9.59 Å². The Hall–Kier alpha value is -4.47. The van der Waals surface area contributed by atoms with Crippen molar-refractivity contribution in [1.29, 1.82) is 0 Å². The number of nitrogen functional groups attached to an aromatic ring is 1. The van der Waals surface area contributed by atoms with Gasteiger partial charge in [-0.25, -0.2) is 24.5 Å². The summed E-state index contributed by atoms with van der Waals surface area (Å²) in [4.78, 5) is 36.6. The molecule has 10 nitrogen and oxygen atoms in total. The molecule has 0 aliphatic heterocycles. The van der Waals surface area contributed by atoms with Gasteiger partial charge < -0.3 is 25.7 Å². The number of imidazole rings is 1. The molecular weight excluding hydrogens is 410 g/mol. The first-order valence-electron chi connectivity index (χ1n) is 9.92. The minimum atomic E-state index is -0.438. The van der Waals surface area contributed by atoms with Crippen LogP contribution in [-0.4, -0.2) is 38.1 Å². The second-order valence-electron chi connectivity index (χ2n) is 6.88. The van der Waals surface area contributed by atoms with Gasteiger partial charge in [0.1, 0.15) is 11.8 Å². The number of carbonyl (C=O) groups is 2. The number of hydrogen-bond acceptors (Lipinski definition) is 7. The zero-order valence-corrected chi connectivity index (χ0v) is 17.1. The SMILES string of the molecule is Nc1ncnc2c1ncn2CCCOC(=O)c1ccc(NC(=O)Nc2ccccc2)cc1. The summed E-state index contributed by atoms with van der Waals surface area (Å²) in [6, 6.07) is 15.2. The number of aromatic nitrogens is 4. The van der Waals surface area contributed by atoms with Crippen molar-refractivity contribution < 1.29 is 14.3 Å². The van der Waals surface area contributed by atoms with Crippen LogP contribution in [0.1, 0.15) is 16.8 Å². The highest BCUT2D eigenvalue weighted by Gasteiger charge is 2.10. The van der Waals surface area contributed by atoms with Gasteiger partial charge in [-0.2, -0.15) is 0 Å². The number of benzene rings is 2. The molecule has 0 radical (unpaired) electrons. The first kappa shape index (κ1) is 20.8. The van der Waals surface area contributed by atoms with Crippen LogP contribution in [0.15, 0.2) is 67.3 Å². The lowest BCUT2D eigenvalue weighted by Gasteiger charge is -2.09. The van der Waals surface area contributed by atoms with Crippen LogP contribution >= 0.6 is 0 Å². The maximum absolute atomic E-state index is 12.3. The van der Waals surface area contributed by atoms with Crippen molar-refractivity contribution in [2.45, 2.75) is 13.0 Å². The van der Waals surface area contributed by atoms with E-state index in [0.717, 1.165) is 0 Å². The zero-order chi connectivity index (χ0) is 22.3. The third-order valence-corrected chi connectivity index (χ3v) is 4.62. The molecule has 0 unspecified atom stereocenters. The standard InChI is InChI=1S/C22H21N7O3/c23-19-18-20(25-13-24-19)29(14-26-18)11-4-12-32-21(30)15-7-9-17(10-8-15)28-22(31)27-16-5-2-1-3-6-16/h1-3,5-10,13-14H,4,11-12H2,(H2,23,24,25)(H2,27,28,31). The molecular formula is C22H21N7O3. The Morgan fingerprint density at radius 2 is 1.66 bits per heavy atom. The number of nitrogens with zero attached hydrogens (tertiary/aromatic N) is 4. The number of nitrogens with one attached hydrogen (secondary N) is 2. The molecule has 2 amide bonds. The second kappa shape index (κ2) is 9.56. The summed E-state index contributed by atoms with van der Waals surface area (Å²) in [7, 11) is 0. The highest BCUT2D eigenvalue weighted by Crippen LogP contribution is 2.15. The Morgan fingerprint density at radius 1 is 0.938 bits per heavy atom. The van der Waals surface area contributed by atoms with E-state index in [-0.39, 0.29) is 12.6 Å². The van der Waals surface area contributed by atoms with Crippen LogP contribution < -0.4 is 16.4 Å². The number of para-hydroxylation sites is 1. The van der Waals surface area contributed by atoms with Gasteiger partial charge in [0.25, 0.3) is 0 Å². The van der Waals surface area contributed by atoms with Gasteiger partial charge >= 0.3 is 12.0 Å². The van der Waals surface area contributed by atoms with Crippen LogP contribution in [0.2, 0.25) is 0 Å². The lowest BCUT2D eigenvalue weighted by Crippen LogP contribution is -2.19. The molecule has 162 valence electrons. The number of fused-ring (bicyclic) bond motifs is 1. The van der Waals surface area contributed by atoms with Crippen LogP contribution in [0.4, 0.5) is 22.0 Å². The van der Waals surface area contributed by atoms with Crippen molar-refractivity contribution in [2.75, 3.05) is 23.0 Å². The highest BCUT2D eigenvalue weighted by atomic mass is 16.5. The predicted octanol–water partition coefficient (Wildman–Crippen LogP) is 3.30. The number of rotatable bonds is 7. The van der Waals surface area contributed by atoms with Crippen LogP contribution in [0.25, 0.3) is 11.2 Å². The Kier molecular flexibility index (Phi) is 6.21. The fraction of sp³-hybridized carbons (Fsp3) is 0.136. The smallest absolute Gasteiger partial charge is 0.338 e. The van der Waals surface area contributed by atoms with Crippen molar-refractivity contribution in [3.63, 3.8) is 0 Å². The van der Waals surface area contributed by atoms with E-state index < -0.39 is 5.97 Å². The summed E-state index contributed by atoms with van der Waals surface area (Å²) in [6.45, 7) is 0.804. The number of hydrogen-bond donors (Lipinski definition) is 3. The maximum atomic E-state index is 12.3. The predicted molar refractivity (Wildman–Crippen MR) is 120 cm³/mol. The normalized spacial score (nSPS) is 10.6. The van der Waals surface area contributed by atoms with E-state index >= 15 is 0 Å². The topological polar surface area (TPSA) is 137 Å². The first-order chi connectivity index (χ1) is 15.6. The summed E-state index contributed by atoms with van der Waals surface area (Å²) < 4.78 is 7.17. The second-order valence-corrected chi connectivity index (χ2v) is 6.88. The Morgan fingerprint density at radius 3 is 2.41 bits per heavy atom. The van der Waals surface area contributed by atoms with Crippen molar-refractivity contribution >= 4 is 40.4 Å². The van der Waals surface area contributed by atoms with Crippen molar-refractivity contribution in [3.8, 4) is 0 Å². The van der Waals surface area contributed by atoms with E-state index in [1.165, 1.54) is 6.33 Å². The highest BCUT2D eigenvalue weighted by molar-refractivity contribution is 6.00. The van der Waals surface area contributed by atoms with Gasteiger partial charge in [0.2, 0.25) is 0 Å². The molecule has 0 spiro atoms. The number of urea groups is 1. The largest absolute Gasteiger partial charge is 0.462 e. The summed E-state index contributed by atoms with van der Waals surface area (Å²) in [5, 5.41) is 5.44. The van der Waals surface area contributed by atoms with Gasteiger partial charge in [-0.1, -0.05) is 18.2 Å². The van der Waals surface area contributed by atoms with Gasteiger partial charge in [0.05, 0.1) is 18.5 Å². The maximum Gasteiger partial charge on any atom is 0.338 e. The summed E-state index contributed by atoms with van der Waals surface area (Å²) in [5.74, 6) is -0.108. The minimum Gasteiger partial charge on any atom is -0.462 e. The molecule has 0 saturated carbocycles. The lowest BCUT2D eigenvalue weighted by atomic mass is 10.2. The third-order valence-electron chi connectivity index (χ3n) is 4.62. The zero-order valence-electron chi connectivity index (χ0n) is 17.1. The average molecular weight is 431 g/mol. The molecule has 2 aromatic carbocycles. The van der Waals surface area contributed by atoms with Crippen molar-refractivity contribution in [1.82, 2.24) is 19.5 Å².